The van der Waals surface area contributed by atoms with Crippen LogP contribution in [0.5, 0.6) is 0 Å². The Morgan fingerprint density at radius 3 is 2.44 bits per heavy atom. The van der Waals surface area contributed by atoms with Gasteiger partial charge in [-0.1, -0.05) is 42.5 Å². The molecule has 0 fully saturated rings. The molecule has 25 heavy (non-hydrogen) atoms. The lowest BCUT2D eigenvalue weighted by Gasteiger charge is -2.24. The molecule has 0 spiro atoms. The number of halogens is 1. The molecular formula is C21H19FN2S. The largest absolute Gasteiger partial charge is 0.325 e. The minimum atomic E-state index is -0.241. The van der Waals surface area contributed by atoms with Crippen LogP contribution in [-0.2, 0) is 19.4 Å². The predicted molar refractivity (Wildman–Crippen MR) is 101 cm³/mol. The highest BCUT2D eigenvalue weighted by Crippen LogP contribution is 2.28. The van der Waals surface area contributed by atoms with E-state index in [9.17, 15) is 4.39 Å². The Bertz CT molecular complexity index is 946. The zero-order valence-electron chi connectivity index (χ0n) is 13.9. The van der Waals surface area contributed by atoms with Crippen LogP contribution in [0, 0.1) is 10.5 Å². The van der Waals surface area contributed by atoms with Gasteiger partial charge in [0.1, 0.15) is 16.3 Å². The molecule has 0 N–H and O–H groups in total. The van der Waals surface area contributed by atoms with Gasteiger partial charge in [0, 0.05) is 23.4 Å². The maximum atomic E-state index is 13.4. The summed E-state index contributed by atoms with van der Waals surface area (Å²) in [5, 5.41) is 0. The second-order valence-corrected chi connectivity index (χ2v) is 6.84. The number of hydrogen-bond acceptors (Lipinski definition) is 2. The molecular weight excluding hydrogens is 331 g/mol. The van der Waals surface area contributed by atoms with E-state index in [0.29, 0.717) is 4.64 Å². The molecule has 2 aromatic carbocycles. The van der Waals surface area contributed by atoms with Crippen molar-refractivity contribution in [2.24, 2.45) is 0 Å². The number of hydrogen-bond donors (Lipinski definition) is 0. The molecule has 4 rings (SSSR count). The number of fused-ring (bicyclic) bond motifs is 1. The molecule has 0 atom stereocenters. The van der Waals surface area contributed by atoms with E-state index >= 15 is 0 Å². The van der Waals surface area contributed by atoms with Gasteiger partial charge in [-0.15, -0.1) is 0 Å². The summed E-state index contributed by atoms with van der Waals surface area (Å²) in [5.74, 6) is 0.587. The highest BCUT2D eigenvalue weighted by atomic mass is 32.1. The normalized spacial score (nSPS) is 13.5. The van der Waals surface area contributed by atoms with Crippen LogP contribution in [0.15, 0.2) is 54.6 Å². The van der Waals surface area contributed by atoms with Gasteiger partial charge in [0.15, 0.2) is 0 Å². The van der Waals surface area contributed by atoms with Crippen molar-refractivity contribution in [1.82, 2.24) is 9.55 Å². The molecule has 0 aliphatic heterocycles. The minimum absolute atomic E-state index is 0.241. The molecule has 0 saturated carbocycles. The van der Waals surface area contributed by atoms with Gasteiger partial charge in [0.05, 0.1) is 0 Å². The molecule has 0 bridgehead atoms. The van der Waals surface area contributed by atoms with Crippen LogP contribution in [0.2, 0.25) is 0 Å². The van der Waals surface area contributed by atoms with Gasteiger partial charge >= 0.3 is 0 Å². The molecule has 0 unspecified atom stereocenters. The molecule has 3 aromatic rings. The average Bonchev–Trinajstić information content (AvgIpc) is 2.66. The van der Waals surface area contributed by atoms with Gasteiger partial charge < -0.3 is 4.57 Å². The summed E-state index contributed by atoms with van der Waals surface area (Å²) in [6, 6.07) is 16.9. The van der Waals surface area contributed by atoms with E-state index in [-0.39, 0.29) is 5.82 Å². The molecule has 0 amide bonds. The first-order chi connectivity index (χ1) is 12.2. The van der Waals surface area contributed by atoms with E-state index in [0.717, 1.165) is 30.8 Å². The third-order valence-corrected chi connectivity index (χ3v) is 5.11. The van der Waals surface area contributed by atoms with Crippen molar-refractivity contribution in [2.45, 2.75) is 32.2 Å². The molecule has 1 aliphatic carbocycles. The maximum absolute atomic E-state index is 13.4. The fraction of sp³-hybridized carbons (Fsp3) is 0.238. The zero-order valence-corrected chi connectivity index (χ0v) is 14.7. The molecule has 2 nitrogen and oxygen atoms in total. The third kappa shape index (κ3) is 3.27. The summed E-state index contributed by atoms with van der Waals surface area (Å²) in [4.78, 5) is 4.74. The Labute approximate surface area is 152 Å². The maximum Gasteiger partial charge on any atom is 0.142 e. The first-order valence-electron chi connectivity index (χ1n) is 8.65. The first kappa shape index (κ1) is 16.2. The second kappa shape index (κ2) is 6.89. The fourth-order valence-electron chi connectivity index (χ4n) is 3.53. The van der Waals surface area contributed by atoms with Crippen molar-refractivity contribution in [3.8, 4) is 11.4 Å². The predicted octanol–water partition coefficient (Wildman–Crippen LogP) is 5.35. The zero-order chi connectivity index (χ0) is 17.2. The van der Waals surface area contributed by atoms with E-state index in [1.807, 2.05) is 6.07 Å². The topological polar surface area (TPSA) is 17.8 Å². The van der Waals surface area contributed by atoms with E-state index in [4.69, 9.17) is 17.2 Å². The van der Waals surface area contributed by atoms with Crippen molar-refractivity contribution in [1.29, 1.82) is 0 Å². The summed E-state index contributed by atoms with van der Waals surface area (Å²) < 4.78 is 16.3. The Hall–Kier alpha value is -2.33. The van der Waals surface area contributed by atoms with Crippen LogP contribution in [0.3, 0.4) is 0 Å². The van der Waals surface area contributed by atoms with Crippen molar-refractivity contribution in [3.05, 3.63) is 81.9 Å². The van der Waals surface area contributed by atoms with Gasteiger partial charge in [-0.3, -0.25) is 0 Å². The van der Waals surface area contributed by atoms with Gasteiger partial charge in [0.2, 0.25) is 0 Å². The van der Waals surface area contributed by atoms with E-state index < -0.39 is 0 Å². The highest BCUT2D eigenvalue weighted by Gasteiger charge is 2.19. The highest BCUT2D eigenvalue weighted by molar-refractivity contribution is 7.71. The first-order valence-corrected chi connectivity index (χ1v) is 9.05. The number of aromatic nitrogens is 2. The Morgan fingerprint density at radius 1 is 0.960 bits per heavy atom. The van der Waals surface area contributed by atoms with Crippen LogP contribution >= 0.6 is 12.2 Å². The lowest BCUT2D eigenvalue weighted by atomic mass is 9.96. The lowest BCUT2D eigenvalue weighted by Crippen LogP contribution is -2.18. The molecule has 126 valence electrons. The SMILES string of the molecule is Fc1ccc(-c2nc(=S)c3c(n2Cc2ccccc2)CCCC3)cc1. The summed E-state index contributed by atoms with van der Waals surface area (Å²) in [5.41, 5.74) is 4.62. The molecule has 0 saturated heterocycles. The average molecular weight is 350 g/mol. The van der Waals surface area contributed by atoms with Crippen LogP contribution in [0.1, 0.15) is 29.7 Å². The van der Waals surface area contributed by atoms with Gasteiger partial charge in [-0.25, -0.2) is 9.37 Å². The summed E-state index contributed by atoms with van der Waals surface area (Å²) >= 11 is 5.58. The third-order valence-electron chi connectivity index (χ3n) is 4.77. The smallest absolute Gasteiger partial charge is 0.142 e. The number of nitrogens with zero attached hydrogens (tertiary/aromatic N) is 2. The number of benzene rings is 2. The summed E-state index contributed by atoms with van der Waals surface area (Å²) in [6.07, 6.45) is 4.35. The minimum Gasteiger partial charge on any atom is -0.325 e. The summed E-state index contributed by atoms with van der Waals surface area (Å²) in [6.45, 7) is 0.749. The van der Waals surface area contributed by atoms with E-state index in [2.05, 4.69) is 28.8 Å². The van der Waals surface area contributed by atoms with Gasteiger partial charge in [-0.2, -0.15) is 0 Å². The van der Waals surface area contributed by atoms with Crippen molar-refractivity contribution < 1.29 is 4.39 Å². The van der Waals surface area contributed by atoms with Crippen LogP contribution in [0.4, 0.5) is 4.39 Å². The Balaban J connectivity index is 1.91. The molecule has 1 aromatic heterocycles. The molecule has 4 heteroatoms. The monoisotopic (exact) mass is 350 g/mol. The van der Waals surface area contributed by atoms with Crippen molar-refractivity contribution in [2.75, 3.05) is 0 Å². The van der Waals surface area contributed by atoms with Crippen molar-refractivity contribution >= 4 is 12.2 Å². The summed E-state index contributed by atoms with van der Waals surface area (Å²) in [7, 11) is 0. The van der Waals surface area contributed by atoms with Crippen LogP contribution < -0.4 is 0 Å². The van der Waals surface area contributed by atoms with Gasteiger partial charge in [0.25, 0.3) is 0 Å². The molecule has 0 radical (unpaired) electrons. The van der Waals surface area contributed by atoms with E-state index in [1.165, 1.54) is 41.8 Å². The standard InChI is InChI=1S/C21H19FN2S/c22-17-12-10-16(11-13-17)20-23-21(25)18-8-4-5-9-19(18)24(20)14-15-6-2-1-3-7-15/h1-3,6-7,10-13H,4-5,8-9,14H2. The van der Waals surface area contributed by atoms with Crippen LogP contribution in [-0.4, -0.2) is 9.55 Å². The molecule has 1 heterocycles. The van der Waals surface area contributed by atoms with Gasteiger partial charge in [-0.05, 0) is 55.5 Å². The number of rotatable bonds is 3. The molecule has 1 aliphatic rings. The quantitative estimate of drug-likeness (QED) is 0.593. The fourth-order valence-corrected chi connectivity index (χ4v) is 3.83. The second-order valence-electron chi connectivity index (χ2n) is 6.45. The van der Waals surface area contributed by atoms with Crippen LogP contribution in [0.25, 0.3) is 11.4 Å². The Kier molecular flexibility index (Phi) is 4.45. The van der Waals surface area contributed by atoms with E-state index in [1.54, 1.807) is 12.1 Å². The van der Waals surface area contributed by atoms with Crippen molar-refractivity contribution in [3.63, 3.8) is 0 Å². The Morgan fingerprint density at radius 2 is 1.68 bits per heavy atom. The lowest BCUT2D eigenvalue weighted by molar-refractivity contribution is 0.603.